The molecule has 0 amide bonds. The van der Waals surface area contributed by atoms with E-state index in [0.29, 0.717) is 21.7 Å². The number of hydrogen-bond acceptors (Lipinski definition) is 2. The zero-order valence-corrected chi connectivity index (χ0v) is 10.2. The van der Waals surface area contributed by atoms with Gasteiger partial charge < -0.3 is 5.73 Å². The van der Waals surface area contributed by atoms with E-state index in [1.807, 2.05) is 0 Å². The second-order valence-electron chi connectivity index (χ2n) is 3.83. The molecule has 2 aromatic rings. The Morgan fingerprint density at radius 1 is 1.00 bits per heavy atom. The van der Waals surface area contributed by atoms with Gasteiger partial charge in [-0.2, -0.15) is 0 Å². The molecule has 4 heteroatoms. The predicted molar refractivity (Wildman–Crippen MR) is 72.3 cm³/mol. The Morgan fingerprint density at radius 2 is 1.61 bits per heavy atom. The van der Waals surface area contributed by atoms with Crippen molar-refractivity contribution in [3.05, 3.63) is 70.2 Å². The zero-order chi connectivity index (χ0) is 13.1. The van der Waals surface area contributed by atoms with Gasteiger partial charge in [0.15, 0.2) is 5.78 Å². The first-order valence-corrected chi connectivity index (χ1v) is 5.70. The number of hydrogen-bond donors (Lipinski definition) is 2. The molecule has 0 aliphatic heterocycles. The lowest BCUT2D eigenvalue weighted by Crippen LogP contribution is -2.12. The van der Waals surface area contributed by atoms with E-state index in [1.54, 1.807) is 48.5 Å². The SMILES string of the molecule is N=C(N)c1cccc(C(=O)c2ccc(Cl)cc2)c1. The molecule has 0 unspecified atom stereocenters. The Labute approximate surface area is 110 Å². The van der Waals surface area contributed by atoms with Gasteiger partial charge in [0.2, 0.25) is 0 Å². The van der Waals surface area contributed by atoms with Gasteiger partial charge in [-0.1, -0.05) is 29.8 Å². The van der Waals surface area contributed by atoms with Crippen LogP contribution in [-0.2, 0) is 0 Å². The highest BCUT2D eigenvalue weighted by Gasteiger charge is 2.09. The van der Waals surface area contributed by atoms with Crippen LogP contribution in [0.4, 0.5) is 0 Å². The molecule has 0 aromatic heterocycles. The number of benzene rings is 2. The molecule has 0 saturated heterocycles. The molecule has 2 rings (SSSR count). The molecule has 0 saturated carbocycles. The van der Waals surface area contributed by atoms with Crippen LogP contribution < -0.4 is 5.73 Å². The van der Waals surface area contributed by atoms with Crippen molar-refractivity contribution in [3.63, 3.8) is 0 Å². The number of rotatable bonds is 3. The van der Waals surface area contributed by atoms with Crippen LogP contribution in [0.3, 0.4) is 0 Å². The van der Waals surface area contributed by atoms with Crippen LogP contribution in [0.5, 0.6) is 0 Å². The second-order valence-corrected chi connectivity index (χ2v) is 4.27. The van der Waals surface area contributed by atoms with E-state index in [4.69, 9.17) is 22.7 Å². The lowest BCUT2D eigenvalue weighted by Gasteiger charge is -2.04. The highest BCUT2D eigenvalue weighted by molar-refractivity contribution is 6.30. The average molecular weight is 259 g/mol. The van der Waals surface area contributed by atoms with Gasteiger partial charge in [0.25, 0.3) is 0 Å². The fourth-order valence-electron chi connectivity index (χ4n) is 1.60. The first-order chi connectivity index (χ1) is 8.58. The van der Waals surface area contributed by atoms with E-state index < -0.39 is 0 Å². The van der Waals surface area contributed by atoms with E-state index in [-0.39, 0.29) is 11.6 Å². The molecule has 18 heavy (non-hydrogen) atoms. The van der Waals surface area contributed by atoms with E-state index in [9.17, 15) is 4.79 Å². The Hall–Kier alpha value is -2.13. The van der Waals surface area contributed by atoms with Gasteiger partial charge >= 0.3 is 0 Å². The van der Waals surface area contributed by atoms with Gasteiger partial charge in [-0.15, -0.1) is 0 Å². The minimum atomic E-state index is -0.116. The number of carbonyl (C=O) groups is 1. The zero-order valence-electron chi connectivity index (χ0n) is 9.48. The highest BCUT2D eigenvalue weighted by Crippen LogP contribution is 2.14. The molecule has 2 aromatic carbocycles. The summed E-state index contributed by atoms with van der Waals surface area (Å²) in [7, 11) is 0. The Kier molecular flexibility index (Phi) is 3.44. The summed E-state index contributed by atoms with van der Waals surface area (Å²) in [6, 6.07) is 13.4. The van der Waals surface area contributed by atoms with Gasteiger partial charge in [-0.3, -0.25) is 10.2 Å². The van der Waals surface area contributed by atoms with Crippen LogP contribution in [0.2, 0.25) is 5.02 Å². The molecule has 0 aliphatic carbocycles. The van der Waals surface area contributed by atoms with E-state index in [2.05, 4.69) is 0 Å². The molecule has 3 N–H and O–H groups in total. The first-order valence-electron chi connectivity index (χ1n) is 5.32. The standard InChI is InChI=1S/C14H11ClN2O/c15-12-6-4-9(5-7-12)13(18)10-2-1-3-11(8-10)14(16)17/h1-8H,(H3,16,17). The minimum Gasteiger partial charge on any atom is -0.384 e. The molecule has 0 bridgehead atoms. The number of halogens is 1. The Bertz CT molecular complexity index is 605. The maximum absolute atomic E-state index is 12.2. The third kappa shape index (κ3) is 2.57. The molecule has 0 fully saturated rings. The number of nitrogens with one attached hydrogen (secondary N) is 1. The molecule has 0 radical (unpaired) electrons. The summed E-state index contributed by atoms with van der Waals surface area (Å²) >= 11 is 5.77. The van der Waals surface area contributed by atoms with Gasteiger partial charge in [-0.05, 0) is 30.3 Å². The summed E-state index contributed by atoms with van der Waals surface area (Å²) in [6.45, 7) is 0. The van der Waals surface area contributed by atoms with Crippen molar-refractivity contribution < 1.29 is 4.79 Å². The van der Waals surface area contributed by atoms with Crippen LogP contribution >= 0.6 is 11.6 Å². The summed E-state index contributed by atoms with van der Waals surface area (Å²) in [5, 5.41) is 7.94. The third-order valence-electron chi connectivity index (χ3n) is 2.54. The fraction of sp³-hybridized carbons (Fsp3) is 0. The monoisotopic (exact) mass is 258 g/mol. The number of carbonyl (C=O) groups excluding carboxylic acids is 1. The summed E-state index contributed by atoms with van der Waals surface area (Å²) in [5.74, 6) is -0.171. The summed E-state index contributed by atoms with van der Waals surface area (Å²) in [6.07, 6.45) is 0. The highest BCUT2D eigenvalue weighted by atomic mass is 35.5. The summed E-state index contributed by atoms with van der Waals surface area (Å²) < 4.78 is 0. The molecule has 0 atom stereocenters. The normalized spacial score (nSPS) is 10.1. The van der Waals surface area contributed by atoms with E-state index in [0.717, 1.165) is 0 Å². The molecule has 0 aliphatic rings. The number of ketones is 1. The van der Waals surface area contributed by atoms with Crippen molar-refractivity contribution in [1.29, 1.82) is 5.41 Å². The number of nitrogen functional groups attached to an aromatic ring is 1. The van der Waals surface area contributed by atoms with Crippen LogP contribution in [0.15, 0.2) is 48.5 Å². The fourth-order valence-corrected chi connectivity index (χ4v) is 1.72. The smallest absolute Gasteiger partial charge is 0.193 e. The summed E-state index contributed by atoms with van der Waals surface area (Å²) in [4.78, 5) is 12.2. The summed E-state index contributed by atoms with van der Waals surface area (Å²) in [5.41, 5.74) is 6.99. The van der Waals surface area contributed by atoms with Crippen molar-refractivity contribution in [2.24, 2.45) is 5.73 Å². The lowest BCUT2D eigenvalue weighted by atomic mass is 10.0. The maximum Gasteiger partial charge on any atom is 0.193 e. The third-order valence-corrected chi connectivity index (χ3v) is 2.79. The lowest BCUT2D eigenvalue weighted by molar-refractivity contribution is 0.103. The maximum atomic E-state index is 12.2. The van der Waals surface area contributed by atoms with Crippen LogP contribution in [0, 0.1) is 5.41 Å². The molecule has 0 heterocycles. The second kappa shape index (κ2) is 5.02. The minimum absolute atomic E-state index is 0.0549. The largest absolute Gasteiger partial charge is 0.384 e. The van der Waals surface area contributed by atoms with E-state index in [1.165, 1.54) is 0 Å². The van der Waals surface area contributed by atoms with Crippen molar-refractivity contribution in [3.8, 4) is 0 Å². The van der Waals surface area contributed by atoms with Gasteiger partial charge in [0.05, 0.1) is 0 Å². The van der Waals surface area contributed by atoms with Crippen molar-refractivity contribution in [1.82, 2.24) is 0 Å². The van der Waals surface area contributed by atoms with Gasteiger partial charge in [0, 0.05) is 21.7 Å². The Morgan fingerprint density at radius 3 is 2.22 bits per heavy atom. The molecule has 0 spiro atoms. The quantitative estimate of drug-likeness (QED) is 0.505. The molecular weight excluding hydrogens is 248 g/mol. The van der Waals surface area contributed by atoms with Crippen molar-refractivity contribution in [2.45, 2.75) is 0 Å². The van der Waals surface area contributed by atoms with Crippen LogP contribution in [0.25, 0.3) is 0 Å². The first kappa shape index (κ1) is 12.3. The predicted octanol–water partition coefficient (Wildman–Crippen LogP) is 2.86. The average Bonchev–Trinajstić information content (AvgIpc) is 2.39. The van der Waals surface area contributed by atoms with E-state index >= 15 is 0 Å². The molecular formula is C14H11ClN2O. The number of nitrogens with two attached hydrogens (primary N) is 1. The molecule has 90 valence electrons. The van der Waals surface area contributed by atoms with Crippen molar-refractivity contribution >= 4 is 23.2 Å². The van der Waals surface area contributed by atoms with Crippen LogP contribution in [0.1, 0.15) is 21.5 Å². The molecule has 3 nitrogen and oxygen atoms in total. The van der Waals surface area contributed by atoms with Crippen LogP contribution in [-0.4, -0.2) is 11.6 Å². The Balaban J connectivity index is 2.37. The topological polar surface area (TPSA) is 66.9 Å². The number of amidine groups is 1. The van der Waals surface area contributed by atoms with Gasteiger partial charge in [-0.25, -0.2) is 0 Å². The van der Waals surface area contributed by atoms with Gasteiger partial charge in [0.1, 0.15) is 5.84 Å². The van der Waals surface area contributed by atoms with Crippen molar-refractivity contribution in [2.75, 3.05) is 0 Å².